The number of nitrogens with two attached hydrogens (primary N) is 1. The maximum atomic E-state index is 13.5. The van der Waals surface area contributed by atoms with Crippen molar-refractivity contribution in [3.05, 3.63) is 53.3 Å². The normalized spacial score (nSPS) is 10.2. The lowest BCUT2D eigenvalue weighted by Crippen LogP contribution is -2.14. The van der Waals surface area contributed by atoms with Crippen LogP contribution < -0.4 is 11.1 Å². The third kappa shape index (κ3) is 2.65. The van der Waals surface area contributed by atoms with Crippen LogP contribution >= 0.6 is 0 Å². The number of anilines is 2. The number of phenolic OH excluding ortho intramolecular Hbond substituents is 1. The minimum absolute atomic E-state index is 0.139. The summed E-state index contributed by atoms with van der Waals surface area (Å²) in [4.78, 5) is 11.9. The predicted octanol–water partition coefficient (Wildman–Crippen LogP) is 2.67. The summed E-state index contributed by atoms with van der Waals surface area (Å²) in [5.41, 5.74) is 7.38. The zero-order valence-corrected chi connectivity index (χ0v) is 10.3. The van der Waals surface area contributed by atoms with Crippen LogP contribution in [0.2, 0.25) is 0 Å². The molecule has 0 atom stereocenters. The van der Waals surface area contributed by atoms with Gasteiger partial charge in [0, 0.05) is 17.4 Å². The molecule has 0 heterocycles. The molecule has 2 rings (SSSR count). The van der Waals surface area contributed by atoms with E-state index in [2.05, 4.69) is 5.32 Å². The monoisotopic (exact) mass is 260 g/mol. The number of aromatic hydroxyl groups is 1. The number of nitrogen functional groups attached to an aromatic ring is 1. The number of carbonyl (C=O) groups excluding carboxylic acids is 1. The molecule has 0 spiro atoms. The summed E-state index contributed by atoms with van der Waals surface area (Å²) < 4.78 is 13.5. The first-order valence-corrected chi connectivity index (χ1v) is 5.64. The molecule has 2 aromatic rings. The number of hydrogen-bond acceptors (Lipinski definition) is 3. The summed E-state index contributed by atoms with van der Waals surface area (Å²) in [5.74, 6) is -1.60. The second-order valence-electron chi connectivity index (χ2n) is 4.14. The molecule has 0 unspecified atom stereocenters. The van der Waals surface area contributed by atoms with E-state index in [4.69, 9.17) is 10.8 Å². The number of hydrogen-bond donors (Lipinski definition) is 3. The molecule has 5 heteroatoms. The molecule has 4 nitrogen and oxygen atoms in total. The standard InChI is InChI=1S/C14H13FN2O2/c1-8-12(16)3-2-4-13(8)17-14(19)10-6-5-9(18)7-11(10)15/h2-7,18H,16H2,1H3,(H,17,19). The fourth-order valence-corrected chi connectivity index (χ4v) is 1.67. The Balaban J connectivity index is 2.28. The molecule has 0 saturated heterocycles. The molecule has 0 saturated carbocycles. The SMILES string of the molecule is Cc1c(N)cccc1NC(=O)c1ccc(O)cc1F. The molecule has 0 bridgehead atoms. The van der Waals surface area contributed by atoms with Gasteiger partial charge in [0.25, 0.3) is 5.91 Å². The summed E-state index contributed by atoms with van der Waals surface area (Å²) in [6.45, 7) is 1.76. The Kier molecular flexibility index (Phi) is 3.37. The van der Waals surface area contributed by atoms with Crippen molar-refractivity contribution in [2.24, 2.45) is 0 Å². The molecule has 0 fully saturated rings. The summed E-state index contributed by atoms with van der Waals surface area (Å²) in [6, 6.07) is 8.46. The van der Waals surface area contributed by atoms with Crippen LogP contribution in [-0.4, -0.2) is 11.0 Å². The Hall–Kier alpha value is -2.56. The van der Waals surface area contributed by atoms with Crippen molar-refractivity contribution >= 4 is 17.3 Å². The smallest absolute Gasteiger partial charge is 0.258 e. The Bertz CT molecular complexity index is 641. The third-order valence-corrected chi connectivity index (χ3v) is 2.82. The van der Waals surface area contributed by atoms with Crippen LogP contribution in [0.3, 0.4) is 0 Å². The maximum absolute atomic E-state index is 13.5. The molecule has 19 heavy (non-hydrogen) atoms. The predicted molar refractivity (Wildman–Crippen MR) is 71.6 cm³/mol. The Labute approximate surface area is 109 Å². The number of halogens is 1. The van der Waals surface area contributed by atoms with Crippen LogP contribution in [0.25, 0.3) is 0 Å². The molecule has 1 amide bonds. The lowest BCUT2D eigenvalue weighted by Gasteiger charge is -2.10. The number of phenols is 1. The molecule has 0 radical (unpaired) electrons. The molecular formula is C14H13FN2O2. The van der Waals surface area contributed by atoms with Crippen LogP contribution in [0.4, 0.5) is 15.8 Å². The quantitative estimate of drug-likeness (QED) is 0.727. The zero-order valence-electron chi connectivity index (χ0n) is 10.3. The number of rotatable bonds is 2. The van der Waals surface area contributed by atoms with Crippen molar-refractivity contribution in [3.63, 3.8) is 0 Å². The average molecular weight is 260 g/mol. The van der Waals surface area contributed by atoms with Crippen molar-refractivity contribution in [3.8, 4) is 5.75 Å². The zero-order chi connectivity index (χ0) is 14.0. The Morgan fingerprint density at radius 2 is 2.05 bits per heavy atom. The van der Waals surface area contributed by atoms with Crippen LogP contribution in [-0.2, 0) is 0 Å². The van der Waals surface area contributed by atoms with Crippen LogP contribution in [0, 0.1) is 12.7 Å². The highest BCUT2D eigenvalue weighted by atomic mass is 19.1. The number of carbonyl (C=O) groups is 1. The molecule has 0 aliphatic rings. The topological polar surface area (TPSA) is 75.3 Å². The van der Waals surface area contributed by atoms with Gasteiger partial charge in [-0.3, -0.25) is 4.79 Å². The largest absolute Gasteiger partial charge is 0.508 e. The second kappa shape index (κ2) is 4.97. The summed E-state index contributed by atoms with van der Waals surface area (Å²) in [6.07, 6.45) is 0. The van der Waals surface area contributed by atoms with Crippen molar-refractivity contribution in [1.29, 1.82) is 0 Å². The lowest BCUT2D eigenvalue weighted by atomic mass is 10.1. The van der Waals surface area contributed by atoms with E-state index in [1.807, 2.05) is 0 Å². The Morgan fingerprint density at radius 1 is 1.32 bits per heavy atom. The van der Waals surface area contributed by atoms with E-state index >= 15 is 0 Å². The molecular weight excluding hydrogens is 247 g/mol. The Morgan fingerprint density at radius 3 is 2.74 bits per heavy atom. The van der Waals surface area contributed by atoms with Gasteiger partial charge in [-0.15, -0.1) is 0 Å². The fourth-order valence-electron chi connectivity index (χ4n) is 1.67. The van der Waals surface area contributed by atoms with Gasteiger partial charge in [-0.1, -0.05) is 6.07 Å². The fraction of sp³-hybridized carbons (Fsp3) is 0.0714. The first kappa shape index (κ1) is 12.9. The summed E-state index contributed by atoms with van der Waals surface area (Å²) in [5, 5.41) is 11.7. The first-order chi connectivity index (χ1) is 8.99. The van der Waals surface area contributed by atoms with Gasteiger partial charge in [-0.25, -0.2) is 4.39 Å². The van der Waals surface area contributed by atoms with Crippen LogP contribution in [0.1, 0.15) is 15.9 Å². The third-order valence-electron chi connectivity index (χ3n) is 2.82. The van der Waals surface area contributed by atoms with Crippen molar-refractivity contribution in [2.75, 3.05) is 11.1 Å². The van der Waals surface area contributed by atoms with Gasteiger partial charge < -0.3 is 16.2 Å². The molecule has 98 valence electrons. The van der Waals surface area contributed by atoms with E-state index in [-0.39, 0.29) is 11.3 Å². The van der Waals surface area contributed by atoms with E-state index in [9.17, 15) is 9.18 Å². The van der Waals surface area contributed by atoms with Gasteiger partial charge >= 0.3 is 0 Å². The van der Waals surface area contributed by atoms with Crippen molar-refractivity contribution in [2.45, 2.75) is 6.92 Å². The van der Waals surface area contributed by atoms with Gasteiger partial charge in [0.2, 0.25) is 0 Å². The van der Waals surface area contributed by atoms with Gasteiger partial charge in [-0.05, 0) is 36.8 Å². The molecule has 4 N–H and O–H groups in total. The molecule has 0 aliphatic carbocycles. The van der Waals surface area contributed by atoms with Gasteiger partial charge in [0.15, 0.2) is 0 Å². The highest BCUT2D eigenvalue weighted by Crippen LogP contribution is 2.22. The van der Waals surface area contributed by atoms with Gasteiger partial charge in [-0.2, -0.15) is 0 Å². The van der Waals surface area contributed by atoms with Crippen LogP contribution in [0.15, 0.2) is 36.4 Å². The van der Waals surface area contributed by atoms with E-state index in [1.165, 1.54) is 12.1 Å². The number of benzene rings is 2. The molecule has 2 aromatic carbocycles. The van der Waals surface area contributed by atoms with E-state index < -0.39 is 11.7 Å². The molecule has 0 aliphatic heterocycles. The second-order valence-corrected chi connectivity index (χ2v) is 4.14. The van der Waals surface area contributed by atoms with Crippen molar-refractivity contribution < 1.29 is 14.3 Å². The summed E-state index contributed by atoms with van der Waals surface area (Å²) >= 11 is 0. The van der Waals surface area contributed by atoms with Gasteiger partial charge in [0.1, 0.15) is 11.6 Å². The maximum Gasteiger partial charge on any atom is 0.258 e. The highest BCUT2D eigenvalue weighted by molar-refractivity contribution is 6.05. The van der Waals surface area contributed by atoms with E-state index in [1.54, 1.807) is 25.1 Å². The number of amides is 1. The minimum Gasteiger partial charge on any atom is -0.508 e. The van der Waals surface area contributed by atoms with Crippen LogP contribution in [0.5, 0.6) is 5.75 Å². The summed E-state index contributed by atoms with van der Waals surface area (Å²) in [7, 11) is 0. The lowest BCUT2D eigenvalue weighted by molar-refractivity contribution is 0.102. The molecule has 0 aromatic heterocycles. The highest BCUT2D eigenvalue weighted by Gasteiger charge is 2.13. The first-order valence-electron chi connectivity index (χ1n) is 5.64. The minimum atomic E-state index is -0.779. The average Bonchev–Trinajstić information content (AvgIpc) is 2.34. The van der Waals surface area contributed by atoms with Gasteiger partial charge in [0.05, 0.1) is 5.56 Å². The van der Waals surface area contributed by atoms with E-state index in [0.717, 1.165) is 11.6 Å². The number of nitrogens with one attached hydrogen (secondary N) is 1. The van der Waals surface area contributed by atoms with E-state index in [0.29, 0.717) is 11.4 Å². The van der Waals surface area contributed by atoms with Crippen molar-refractivity contribution in [1.82, 2.24) is 0 Å².